The van der Waals surface area contributed by atoms with Gasteiger partial charge in [-0.05, 0) is 13.0 Å². The van der Waals surface area contributed by atoms with Gasteiger partial charge in [0, 0.05) is 17.7 Å². The summed E-state index contributed by atoms with van der Waals surface area (Å²) in [4.78, 5) is 27.0. The van der Waals surface area contributed by atoms with Gasteiger partial charge in [-0.15, -0.1) is 5.06 Å². The minimum absolute atomic E-state index is 0.251. The molecule has 1 aliphatic rings. The number of benzene rings is 1. The summed E-state index contributed by atoms with van der Waals surface area (Å²) >= 11 is 0. The maximum atomic E-state index is 11.5. The molecule has 0 aliphatic carbocycles. The van der Waals surface area contributed by atoms with Crippen molar-refractivity contribution in [3.8, 4) is 5.75 Å². The third kappa shape index (κ3) is 6.83. The van der Waals surface area contributed by atoms with Crippen LogP contribution in [0.5, 0.6) is 5.75 Å². The van der Waals surface area contributed by atoms with Crippen molar-refractivity contribution in [2.24, 2.45) is 0 Å². The van der Waals surface area contributed by atoms with E-state index < -0.39 is 11.9 Å². The summed E-state index contributed by atoms with van der Waals surface area (Å²) in [7, 11) is 0. The van der Waals surface area contributed by atoms with Crippen molar-refractivity contribution < 1.29 is 33.7 Å². The van der Waals surface area contributed by atoms with Crippen LogP contribution in [-0.2, 0) is 30.5 Å². The molecule has 1 saturated heterocycles. The van der Waals surface area contributed by atoms with E-state index in [2.05, 4.69) is 0 Å². The van der Waals surface area contributed by atoms with Gasteiger partial charge in [-0.2, -0.15) is 0 Å². The number of hydrogen-bond donors (Lipinski definition) is 1. The first-order valence-corrected chi connectivity index (χ1v) is 8.36. The van der Waals surface area contributed by atoms with Crippen LogP contribution in [0.25, 0.3) is 0 Å². The fraction of sp³-hybridized carbons (Fsp3) is 0.444. The zero-order chi connectivity index (χ0) is 18.8. The van der Waals surface area contributed by atoms with E-state index in [4.69, 9.17) is 24.2 Å². The van der Waals surface area contributed by atoms with Gasteiger partial charge in [-0.1, -0.05) is 18.2 Å². The number of morpholine rings is 1. The molecule has 1 unspecified atom stereocenters. The molecule has 1 aromatic carbocycles. The molecule has 1 fully saturated rings. The van der Waals surface area contributed by atoms with Crippen LogP contribution in [0, 0.1) is 0 Å². The van der Waals surface area contributed by atoms with Crippen molar-refractivity contribution >= 4 is 11.9 Å². The first-order valence-electron chi connectivity index (χ1n) is 8.36. The molecular weight excluding hydrogens is 342 g/mol. The van der Waals surface area contributed by atoms with E-state index in [-0.39, 0.29) is 6.10 Å². The van der Waals surface area contributed by atoms with Crippen molar-refractivity contribution in [2.75, 3.05) is 32.9 Å². The van der Waals surface area contributed by atoms with Crippen LogP contribution >= 0.6 is 0 Å². The molecular formula is C18H23NO7. The average molecular weight is 365 g/mol. The Bertz CT molecular complexity index is 632. The van der Waals surface area contributed by atoms with E-state index in [9.17, 15) is 9.59 Å². The Kier molecular flexibility index (Phi) is 8.07. The Morgan fingerprint density at radius 3 is 2.92 bits per heavy atom. The second kappa shape index (κ2) is 10.5. The molecule has 1 atom stereocenters. The monoisotopic (exact) mass is 365 g/mol. The van der Waals surface area contributed by atoms with Gasteiger partial charge in [0.1, 0.15) is 5.75 Å². The van der Waals surface area contributed by atoms with Crippen molar-refractivity contribution in [3.63, 3.8) is 0 Å². The SMILES string of the molecule is CCOc1ccccc1COCC1CN(OC(=O)/C=C\C(=O)O)CCO1. The van der Waals surface area contributed by atoms with Gasteiger partial charge >= 0.3 is 11.9 Å². The predicted molar refractivity (Wildman–Crippen MR) is 91.4 cm³/mol. The highest BCUT2D eigenvalue weighted by molar-refractivity contribution is 5.90. The smallest absolute Gasteiger partial charge is 0.349 e. The van der Waals surface area contributed by atoms with Crippen molar-refractivity contribution in [2.45, 2.75) is 19.6 Å². The third-order valence-corrected chi connectivity index (χ3v) is 3.52. The summed E-state index contributed by atoms with van der Waals surface area (Å²) in [6.45, 7) is 4.38. The lowest BCUT2D eigenvalue weighted by atomic mass is 10.2. The number of hydroxylamine groups is 2. The number of para-hydroxylation sites is 1. The van der Waals surface area contributed by atoms with Gasteiger partial charge in [-0.3, -0.25) is 0 Å². The molecule has 1 heterocycles. The highest BCUT2D eigenvalue weighted by atomic mass is 16.7. The highest BCUT2D eigenvalue weighted by Gasteiger charge is 2.23. The zero-order valence-corrected chi connectivity index (χ0v) is 14.6. The second-order valence-electron chi connectivity index (χ2n) is 5.52. The largest absolute Gasteiger partial charge is 0.494 e. The molecule has 8 heteroatoms. The standard InChI is InChI=1S/C18H23NO7/c1-2-24-16-6-4-3-5-14(16)12-23-13-15-11-19(9-10-25-15)26-18(22)8-7-17(20)21/h3-8,15H,2,9-13H2,1H3,(H,20,21)/b8-7-. The quantitative estimate of drug-likeness (QED) is 0.656. The lowest BCUT2D eigenvalue weighted by Gasteiger charge is -2.30. The molecule has 0 aromatic heterocycles. The zero-order valence-electron chi connectivity index (χ0n) is 14.6. The molecule has 0 saturated carbocycles. The van der Waals surface area contributed by atoms with Crippen LogP contribution in [0.3, 0.4) is 0 Å². The minimum atomic E-state index is -1.21. The Morgan fingerprint density at radius 1 is 1.35 bits per heavy atom. The molecule has 0 spiro atoms. The van der Waals surface area contributed by atoms with E-state index >= 15 is 0 Å². The Morgan fingerprint density at radius 2 is 2.15 bits per heavy atom. The van der Waals surface area contributed by atoms with Gasteiger partial charge < -0.3 is 24.2 Å². The molecule has 1 aliphatic heterocycles. The second-order valence-corrected chi connectivity index (χ2v) is 5.52. The molecule has 1 aromatic rings. The molecule has 0 radical (unpaired) electrons. The van der Waals surface area contributed by atoms with Crippen LogP contribution in [0.1, 0.15) is 12.5 Å². The van der Waals surface area contributed by atoms with E-state index in [0.717, 1.165) is 23.5 Å². The van der Waals surface area contributed by atoms with Crippen molar-refractivity contribution in [3.05, 3.63) is 42.0 Å². The Hall–Kier alpha value is -2.42. The molecule has 1 N–H and O–H groups in total. The number of carbonyl (C=O) groups excluding carboxylic acids is 1. The molecule has 142 valence electrons. The predicted octanol–water partition coefficient (Wildman–Crippen LogP) is 1.40. The summed E-state index contributed by atoms with van der Waals surface area (Å²) < 4.78 is 16.9. The van der Waals surface area contributed by atoms with E-state index in [1.165, 1.54) is 5.06 Å². The van der Waals surface area contributed by atoms with Crippen LogP contribution in [0.4, 0.5) is 0 Å². The van der Waals surface area contributed by atoms with Gasteiger partial charge in [0.2, 0.25) is 0 Å². The molecule has 8 nitrogen and oxygen atoms in total. The van der Waals surface area contributed by atoms with E-state index in [1.54, 1.807) is 0 Å². The molecule has 2 rings (SSSR count). The fourth-order valence-corrected chi connectivity index (χ4v) is 2.39. The summed E-state index contributed by atoms with van der Waals surface area (Å²) in [6, 6.07) is 7.66. The first-order chi connectivity index (χ1) is 12.6. The highest BCUT2D eigenvalue weighted by Crippen LogP contribution is 2.19. The maximum Gasteiger partial charge on any atom is 0.349 e. The van der Waals surface area contributed by atoms with Gasteiger partial charge in [0.05, 0.1) is 45.6 Å². The van der Waals surface area contributed by atoms with E-state index in [0.29, 0.717) is 39.5 Å². The van der Waals surface area contributed by atoms with Gasteiger partial charge in [0.25, 0.3) is 0 Å². The number of carbonyl (C=O) groups is 2. The summed E-state index contributed by atoms with van der Waals surface area (Å²) in [5, 5.41) is 9.95. The van der Waals surface area contributed by atoms with Crippen LogP contribution in [0.15, 0.2) is 36.4 Å². The lowest BCUT2D eigenvalue weighted by molar-refractivity contribution is -0.214. The van der Waals surface area contributed by atoms with Crippen LogP contribution < -0.4 is 4.74 Å². The summed E-state index contributed by atoms with van der Waals surface area (Å²) in [5.41, 5.74) is 0.951. The summed E-state index contributed by atoms with van der Waals surface area (Å²) in [6.07, 6.45) is 1.35. The summed E-state index contributed by atoms with van der Waals surface area (Å²) in [5.74, 6) is -1.15. The first kappa shape index (κ1) is 19.9. The fourth-order valence-electron chi connectivity index (χ4n) is 2.39. The third-order valence-electron chi connectivity index (χ3n) is 3.52. The number of ether oxygens (including phenoxy) is 3. The molecule has 0 amide bonds. The number of hydrogen-bond acceptors (Lipinski definition) is 7. The van der Waals surface area contributed by atoms with Gasteiger partial charge in [-0.25, -0.2) is 9.59 Å². The number of carboxylic acids is 1. The Labute approximate surface area is 151 Å². The molecule has 0 bridgehead atoms. The number of nitrogens with zero attached hydrogens (tertiary/aromatic N) is 1. The minimum Gasteiger partial charge on any atom is -0.494 e. The molecule has 26 heavy (non-hydrogen) atoms. The maximum absolute atomic E-state index is 11.5. The average Bonchev–Trinajstić information content (AvgIpc) is 2.62. The number of aliphatic carboxylic acids is 1. The van der Waals surface area contributed by atoms with Crippen molar-refractivity contribution in [1.82, 2.24) is 5.06 Å². The van der Waals surface area contributed by atoms with Crippen molar-refractivity contribution in [1.29, 1.82) is 0 Å². The topological polar surface area (TPSA) is 94.5 Å². The van der Waals surface area contributed by atoms with E-state index in [1.807, 2.05) is 31.2 Å². The normalized spacial score (nSPS) is 18.0. The number of rotatable bonds is 9. The lowest BCUT2D eigenvalue weighted by Crippen LogP contribution is -2.45. The Balaban J connectivity index is 1.76. The van der Waals surface area contributed by atoms with Crippen LogP contribution in [-0.4, -0.2) is 61.1 Å². The van der Waals surface area contributed by atoms with Crippen LogP contribution in [0.2, 0.25) is 0 Å². The van der Waals surface area contributed by atoms with Gasteiger partial charge in [0.15, 0.2) is 0 Å². The number of carboxylic acid groups (broad SMARTS) is 1.